The van der Waals surface area contributed by atoms with Crippen LogP contribution in [0.15, 0.2) is 78.9 Å². The Balaban J connectivity index is 1.83. The van der Waals surface area contributed by atoms with Gasteiger partial charge in [-0.3, -0.25) is 10.1 Å². The lowest BCUT2D eigenvalue weighted by Crippen LogP contribution is -2.33. The summed E-state index contributed by atoms with van der Waals surface area (Å²) in [4.78, 5) is 12.9. The second-order valence-electron chi connectivity index (χ2n) is 6.39. The molecule has 0 radical (unpaired) electrons. The molecule has 1 amide bonds. The van der Waals surface area contributed by atoms with Gasteiger partial charge >= 0.3 is 6.18 Å². The Labute approximate surface area is 171 Å². The van der Waals surface area contributed by atoms with E-state index in [1.54, 1.807) is 24.3 Å². The number of alkyl halides is 3. The zero-order chi connectivity index (χ0) is 20.9. The fraction of sp³-hybridized carbons (Fsp3) is 0.136. The number of nitrogens with one attached hydrogen (secondary N) is 2. The molecule has 3 aromatic rings. The number of hydrogen-bond acceptors (Lipinski definition) is 2. The van der Waals surface area contributed by atoms with Gasteiger partial charge in [-0.15, -0.1) is 0 Å². The molecule has 2 N–H and O–H groups in total. The highest BCUT2D eigenvalue weighted by Crippen LogP contribution is 2.34. The summed E-state index contributed by atoms with van der Waals surface area (Å²) in [6, 6.07) is 20.5. The zero-order valence-corrected chi connectivity index (χ0v) is 16.0. The molecule has 3 nitrogen and oxygen atoms in total. The summed E-state index contributed by atoms with van der Waals surface area (Å²) in [5.74, 6) is -0.506. The van der Waals surface area contributed by atoms with Crippen molar-refractivity contribution in [3.05, 3.63) is 101 Å². The van der Waals surface area contributed by atoms with Gasteiger partial charge in [0.05, 0.1) is 16.3 Å². The smallest absolute Gasteiger partial charge is 0.323 e. The van der Waals surface area contributed by atoms with E-state index in [2.05, 4.69) is 10.6 Å². The van der Waals surface area contributed by atoms with E-state index in [4.69, 9.17) is 11.6 Å². The van der Waals surface area contributed by atoms with Gasteiger partial charge in [-0.2, -0.15) is 13.2 Å². The molecule has 0 saturated heterocycles. The van der Waals surface area contributed by atoms with Crippen LogP contribution in [0, 0.1) is 0 Å². The molecule has 0 aliphatic carbocycles. The lowest BCUT2D eigenvalue weighted by molar-refractivity contribution is -0.137. The Morgan fingerprint density at radius 2 is 1.55 bits per heavy atom. The molecule has 0 spiro atoms. The molecular formula is C22H18ClF3N2O. The highest BCUT2D eigenvalue weighted by molar-refractivity contribution is 6.33. The Bertz CT molecular complexity index is 963. The van der Waals surface area contributed by atoms with Crippen molar-refractivity contribution in [2.75, 3.05) is 5.32 Å². The number of halogens is 4. The molecule has 0 aliphatic rings. The van der Waals surface area contributed by atoms with Crippen molar-refractivity contribution >= 4 is 23.2 Å². The summed E-state index contributed by atoms with van der Waals surface area (Å²) in [5, 5.41) is 5.71. The molecule has 0 fully saturated rings. The quantitative estimate of drug-likeness (QED) is 0.529. The van der Waals surface area contributed by atoms with Gasteiger partial charge in [0.15, 0.2) is 0 Å². The number of benzene rings is 3. The number of rotatable bonds is 6. The Morgan fingerprint density at radius 1 is 0.931 bits per heavy atom. The lowest BCUT2D eigenvalue weighted by Gasteiger charge is -2.20. The van der Waals surface area contributed by atoms with Crippen LogP contribution >= 0.6 is 11.6 Å². The molecule has 7 heteroatoms. The SMILES string of the molecule is O=C(Nc1cc(C(F)(F)F)ccc1Cl)[C@@H](NCc1ccccc1)c1ccccc1. The van der Waals surface area contributed by atoms with Crippen molar-refractivity contribution in [3.63, 3.8) is 0 Å². The highest BCUT2D eigenvalue weighted by atomic mass is 35.5. The first kappa shape index (κ1) is 20.9. The molecule has 3 rings (SSSR count). The summed E-state index contributed by atoms with van der Waals surface area (Å²) in [6.45, 7) is 0.407. The van der Waals surface area contributed by atoms with Crippen molar-refractivity contribution in [2.45, 2.75) is 18.8 Å². The minimum atomic E-state index is -4.53. The van der Waals surface area contributed by atoms with E-state index in [9.17, 15) is 18.0 Å². The van der Waals surface area contributed by atoms with Crippen LogP contribution in [0.4, 0.5) is 18.9 Å². The number of carbonyl (C=O) groups is 1. The topological polar surface area (TPSA) is 41.1 Å². The lowest BCUT2D eigenvalue weighted by atomic mass is 10.1. The predicted molar refractivity (Wildman–Crippen MR) is 108 cm³/mol. The Kier molecular flexibility index (Phi) is 6.56. The van der Waals surface area contributed by atoms with Crippen LogP contribution in [0.25, 0.3) is 0 Å². The molecule has 0 aromatic heterocycles. The first-order valence-corrected chi connectivity index (χ1v) is 9.22. The predicted octanol–water partition coefficient (Wildman–Crippen LogP) is 5.83. The van der Waals surface area contributed by atoms with Crippen LogP contribution in [-0.4, -0.2) is 5.91 Å². The van der Waals surface area contributed by atoms with Gasteiger partial charge < -0.3 is 5.32 Å². The number of carbonyl (C=O) groups excluding carboxylic acids is 1. The average Bonchev–Trinajstić information content (AvgIpc) is 2.70. The second kappa shape index (κ2) is 9.11. The summed E-state index contributed by atoms with van der Waals surface area (Å²) in [5.41, 5.74) is 0.682. The summed E-state index contributed by atoms with van der Waals surface area (Å²) >= 11 is 6.01. The number of amides is 1. The third-order valence-electron chi connectivity index (χ3n) is 4.30. The van der Waals surface area contributed by atoms with Gasteiger partial charge in [0.2, 0.25) is 5.91 Å². The molecule has 0 heterocycles. The Hall–Kier alpha value is -2.83. The number of hydrogen-bond donors (Lipinski definition) is 2. The van der Waals surface area contributed by atoms with E-state index in [0.29, 0.717) is 12.1 Å². The average molecular weight is 419 g/mol. The standard InChI is InChI=1S/C22H18ClF3N2O/c23-18-12-11-17(22(24,25)26)13-19(18)28-21(29)20(16-9-5-2-6-10-16)27-14-15-7-3-1-4-8-15/h1-13,20,27H,14H2,(H,28,29)/t20-/m0/s1. The van der Waals surface area contributed by atoms with Crippen molar-refractivity contribution in [1.82, 2.24) is 5.32 Å². The second-order valence-corrected chi connectivity index (χ2v) is 6.80. The van der Waals surface area contributed by atoms with E-state index in [1.807, 2.05) is 36.4 Å². The fourth-order valence-corrected chi connectivity index (χ4v) is 2.99. The highest BCUT2D eigenvalue weighted by Gasteiger charge is 2.31. The number of anilines is 1. The van der Waals surface area contributed by atoms with Gasteiger partial charge in [0, 0.05) is 6.54 Å². The van der Waals surface area contributed by atoms with Gasteiger partial charge in [-0.1, -0.05) is 72.3 Å². The minimum Gasteiger partial charge on any atom is -0.323 e. The summed E-state index contributed by atoms with van der Waals surface area (Å²) < 4.78 is 39.0. The fourth-order valence-electron chi connectivity index (χ4n) is 2.83. The van der Waals surface area contributed by atoms with Crippen LogP contribution in [-0.2, 0) is 17.5 Å². The molecule has 1 atom stereocenters. The largest absolute Gasteiger partial charge is 0.416 e. The van der Waals surface area contributed by atoms with Gasteiger partial charge in [-0.05, 0) is 29.3 Å². The minimum absolute atomic E-state index is 0.0289. The van der Waals surface area contributed by atoms with Gasteiger partial charge in [-0.25, -0.2) is 0 Å². The monoisotopic (exact) mass is 418 g/mol. The van der Waals surface area contributed by atoms with Crippen LogP contribution in [0.1, 0.15) is 22.7 Å². The van der Waals surface area contributed by atoms with Gasteiger partial charge in [0.25, 0.3) is 0 Å². The molecular weight excluding hydrogens is 401 g/mol. The normalized spacial score (nSPS) is 12.4. The van der Waals surface area contributed by atoms with Crippen LogP contribution in [0.2, 0.25) is 5.02 Å². The third kappa shape index (κ3) is 5.59. The van der Waals surface area contributed by atoms with E-state index < -0.39 is 23.7 Å². The summed E-state index contributed by atoms with van der Waals surface area (Å²) in [6.07, 6.45) is -4.53. The molecule has 3 aromatic carbocycles. The zero-order valence-electron chi connectivity index (χ0n) is 15.2. The molecule has 0 unspecified atom stereocenters. The first-order chi connectivity index (χ1) is 13.8. The molecule has 29 heavy (non-hydrogen) atoms. The van der Waals surface area contributed by atoms with E-state index >= 15 is 0 Å². The van der Waals surface area contributed by atoms with Crippen molar-refractivity contribution in [3.8, 4) is 0 Å². The first-order valence-electron chi connectivity index (χ1n) is 8.84. The van der Waals surface area contributed by atoms with Crippen LogP contribution < -0.4 is 10.6 Å². The van der Waals surface area contributed by atoms with Crippen molar-refractivity contribution in [1.29, 1.82) is 0 Å². The van der Waals surface area contributed by atoms with Crippen molar-refractivity contribution < 1.29 is 18.0 Å². The van der Waals surface area contributed by atoms with E-state index in [0.717, 1.165) is 23.8 Å². The maximum Gasteiger partial charge on any atom is 0.416 e. The molecule has 150 valence electrons. The van der Waals surface area contributed by atoms with Crippen molar-refractivity contribution in [2.24, 2.45) is 0 Å². The van der Waals surface area contributed by atoms with Crippen LogP contribution in [0.5, 0.6) is 0 Å². The van der Waals surface area contributed by atoms with Crippen LogP contribution in [0.3, 0.4) is 0 Å². The third-order valence-corrected chi connectivity index (χ3v) is 4.63. The molecule has 0 aliphatic heterocycles. The molecule has 0 saturated carbocycles. The van der Waals surface area contributed by atoms with E-state index in [1.165, 1.54) is 0 Å². The maximum absolute atomic E-state index is 13.0. The maximum atomic E-state index is 13.0. The Morgan fingerprint density at radius 3 is 2.17 bits per heavy atom. The van der Waals surface area contributed by atoms with E-state index in [-0.39, 0.29) is 10.7 Å². The summed E-state index contributed by atoms with van der Waals surface area (Å²) in [7, 11) is 0. The van der Waals surface area contributed by atoms with Gasteiger partial charge in [0.1, 0.15) is 6.04 Å². The molecule has 0 bridgehead atoms.